The van der Waals surface area contributed by atoms with E-state index in [1.807, 2.05) is 30.3 Å². The van der Waals surface area contributed by atoms with E-state index >= 15 is 0 Å². The molecule has 3 nitrogen and oxygen atoms in total. The lowest BCUT2D eigenvalue weighted by atomic mass is 10.1. The molecular formula is C17H16N2O. The van der Waals surface area contributed by atoms with Crippen molar-refractivity contribution in [1.29, 1.82) is 5.26 Å². The molecular weight excluding hydrogens is 248 g/mol. The maximum Gasteiger partial charge on any atom is 0.119 e. The van der Waals surface area contributed by atoms with Crippen LogP contribution >= 0.6 is 0 Å². The Bertz CT molecular complexity index is 673. The summed E-state index contributed by atoms with van der Waals surface area (Å²) in [6.45, 7) is 0.731. The molecule has 1 unspecified atom stereocenters. The Hall–Kier alpha value is -2.31. The zero-order valence-electron chi connectivity index (χ0n) is 11.1. The minimum Gasteiger partial charge on any atom is -0.508 e. The van der Waals surface area contributed by atoms with Crippen LogP contribution in [0.4, 0.5) is 0 Å². The zero-order valence-corrected chi connectivity index (χ0v) is 11.1. The Balaban J connectivity index is 1.72. The van der Waals surface area contributed by atoms with Crippen molar-refractivity contribution >= 4 is 0 Å². The molecule has 100 valence electrons. The average molecular weight is 264 g/mol. The summed E-state index contributed by atoms with van der Waals surface area (Å²) < 4.78 is 0. The quantitative estimate of drug-likeness (QED) is 0.896. The second-order valence-electron chi connectivity index (χ2n) is 5.13. The fraction of sp³-hybridized carbons (Fsp3) is 0.235. The third kappa shape index (κ3) is 2.38. The number of aromatic hydroxyl groups is 1. The van der Waals surface area contributed by atoms with E-state index in [0.717, 1.165) is 30.5 Å². The minimum absolute atomic E-state index is 0.280. The van der Waals surface area contributed by atoms with Gasteiger partial charge in [-0.15, -0.1) is 0 Å². The van der Waals surface area contributed by atoms with Gasteiger partial charge in [0, 0.05) is 12.6 Å². The number of rotatable bonds is 3. The molecule has 1 aliphatic carbocycles. The van der Waals surface area contributed by atoms with E-state index in [1.165, 1.54) is 5.56 Å². The second kappa shape index (κ2) is 5.36. The summed E-state index contributed by atoms with van der Waals surface area (Å²) in [4.78, 5) is 0. The molecule has 2 aromatic rings. The highest BCUT2D eigenvalue weighted by molar-refractivity contribution is 5.44. The second-order valence-corrected chi connectivity index (χ2v) is 5.13. The van der Waals surface area contributed by atoms with Crippen LogP contribution < -0.4 is 5.32 Å². The van der Waals surface area contributed by atoms with Crippen LogP contribution in [0.3, 0.4) is 0 Å². The van der Waals surface area contributed by atoms with E-state index in [0.29, 0.717) is 11.3 Å². The number of benzene rings is 2. The molecule has 20 heavy (non-hydrogen) atoms. The molecule has 3 rings (SSSR count). The third-order valence-corrected chi connectivity index (χ3v) is 3.85. The number of nitrogens with zero attached hydrogens (tertiary/aromatic N) is 1. The van der Waals surface area contributed by atoms with Gasteiger partial charge < -0.3 is 10.4 Å². The molecule has 0 saturated carbocycles. The number of phenolic OH excluding ortho intramolecular Hbond substituents is 1. The minimum atomic E-state index is 0.280. The van der Waals surface area contributed by atoms with Gasteiger partial charge >= 0.3 is 0 Å². The number of nitriles is 1. The first-order valence-corrected chi connectivity index (χ1v) is 6.81. The average Bonchev–Trinajstić information content (AvgIpc) is 2.90. The van der Waals surface area contributed by atoms with Crippen molar-refractivity contribution < 1.29 is 5.11 Å². The summed E-state index contributed by atoms with van der Waals surface area (Å²) >= 11 is 0. The third-order valence-electron chi connectivity index (χ3n) is 3.85. The van der Waals surface area contributed by atoms with Crippen molar-refractivity contribution in [3.63, 3.8) is 0 Å². The van der Waals surface area contributed by atoms with Crippen LogP contribution in [0.25, 0.3) is 0 Å². The Morgan fingerprint density at radius 3 is 2.95 bits per heavy atom. The lowest BCUT2D eigenvalue weighted by Gasteiger charge is -2.14. The Labute approximate surface area is 118 Å². The highest BCUT2D eigenvalue weighted by Crippen LogP contribution is 2.36. The van der Waals surface area contributed by atoms with E-state index in [2.05, 4.69) is 17.5 Å². The van der Waals surface area contributed by atoms with Gasteiger partial charge in [0.1, 0.15) is 5.75 Å². The van der Waals surface area contributed by atoms with Crippen molar-refractivity contribution in [2.75, 3.05) is 0 Å². The summed E-state index contributed by atoms with van der Waals surface area (Å²) in [5, 5.41) is 22.3. The molecule has 1 atom stereocenters. The molecule has 0 radical (unpaired) electrons. The zero-order chi connectivity index (χ0) is 13.9. The molecule has 1 aliphatic rings. The van der Waals surface area contributed by atoms with Crippen LogP contribution in [0.1, 0.15) is 34.7 Å². The molecule has 0 aliphatic heterocycles. The number of fused-ring (bicyclic) bond motifs is 1. The van der Waals surface area contributed by atoms with Gasteiger partial charge in [-0.1, -0.05) is 24.3 Å². The van der Waals surface area contributed by atoms with Gasteiger partial charge in [0.15, 0.2) is 0 Å². The number of phenols is 1. The van der Waals surface area contributed by atoms with E-state index in [-0.39, 0.29) is 6.04 Å². The van der Waals surface area contributed by atoms with Gasteiger partial charge in [-0.3, -0.25) is 0 Å². The maximum absolute atomic E-state index is 9.84. The largest absolute Gasteiger partial charge is 0.508 e. The number of nitrogens with one attached hydrogen (secondary N) is 1. The van der Waals surface area contributed by atoms with Gasteiger partial charge in [0.05, 0.1) is 11.6 Å². The lowest BCUT2D eigenvalue weighted by Crippen LogP contribution is -2.18. The molecule has 0 spiro atoms. The lowest BCUT2D eigenvalue weighted by molar-refractivity contribution is 0.469. The molecule has 2 N–H and O–H groups in total. The van der Waals surface area contributed by atoms with Crippen LogP contribution in [-0.4, -0.2) is 5.11 Å². The van der Waals surface area contributed by atoms with Crippen LogP contribution in [-0.2, 0) is 13.0 Å². The molecule has 0 bridgehead atoms. The van der Waals surface area contributed by atoms with Gasteiger partial charge in [-0.25, -0.2) is 0 Å². The smallest absolute Gasteiger partial charge is 0.119 e. The fourth-order valence-corrected chi connectivity index (χ4v) is 2.84. The molecule has 0 fully saturated rings. The summed E-state index contributed by atoms with van der Waals surface area (Å²) in [5.41, 5.74) is 4.06. The van der Waals surface area contributed by atoms with Crippen molar-refractivity contribution in [3.05, 3.63) is 64.7 Å². The van der Waals surface area contributed by atoms with Crippen LogP contribution in [0.5, 0.6) is 5.75 Å². The standard InChI is InChI=1S/C17H16N2O/c18-10-12-3-1-4-13(9-12)11-19-16-8-7-15-14(16)5-2-6-17(15)20/h1-6,9,16,19-20H,7-8,11H2. The van der Waals surface area contributed by atoms with Crippen molar-refractivity contribution in [2.45, 2.75) is 25.4 Å². The van der Waals surface area contributed by atoms with E-state index in [1.54, 1.807) is 6.07 Å². The highest BCUT2D eigenvalue weighted by atomic mass is 16.3. The Morgan fingerprint density at radius 1 is 1.25 bits per heavy atom. The summed E-state index contributed by atoms with van der Waals surface area (Å²) in [7, 11) is 0. The van der Waals surface area contributed by atoms with Crippen LogP contribution in [0, 0.1) is 11.3 Å². The molecule has 0 saturated heterocycles. The first-order chi connectivity index (χ1) is 9.78. The van der Waals surface area contributed by atoms with E-state index in [4.69, 9.17) is 5.26 Å². The number of hydrogen-bond acceptors (Lipinski definition) is 3. The Morgan fingerprint density at radius 2 is 2.10 bits per heavy atom. The molecule has 0 heterocycles. The summed E-state index contributed by atoms with van der Waals surface area (Å²) in [6.07, 6.45) is 1.92. The summed E-state index contributed by atoms with van der Waals surface area (Å²) in [6, 6.07) is 15.8. The topological polar surface area (TPSA) is 56.0 Å². The van der Waals surface area contributed by atoms with Crippen LogP contribution in [0.15, 0.2) is 42.5 Å². The SMILES string of the molecule is N#Cc1cccc(CNC2CCc3c(O)cccc32)c1. The summed E-state index contributed by atoms with van der Waals surface area (Å²) in [5.74, 6) is 0.401. The molecule has 0 amide bonds. The first-order valence-electron chi connectivity index (χ1n) is 6.81. The fourth-order valence-electron chi connectivity index (χ4n) is 2.84. The van der Waals surface area contributed by atoms with E-state index < -0.39 is 0 Å². The van der Waals surface area contributed by atoms with Crippen molar-refractivity contribution in [1.82, 2.24) is 5.32 Å². The normalized spacial score (nSPS) is 16.6. The van der Waals surface area contributed by atoms with E-state index in [9.17, 15) is 5.11 Å². The Kier molecular flexibility index (Phi) is 3.41. The first kappa shape index (κ1) is 12.7. The molecule has 0 aromatic heterocycles. The van der Waals surface area contributed by atoms with Crippen LogP contribution in [0.2, 0.25) is 0 Å². The number of hydrogen-bond donors (Lipinski definition) is 2. The highest BCUT2D eigenvalue weighted by Gasteiger charge is 2.23. The predicted octanol–water partition coefficient (Wildman–Crippen LogP) is 3.04. The predicted molar refractivity (Wildman–Crippen MR) is 77.2 cm³/mol. The molecule has 2 aromatic carbocycles. The van der Waals surface area contributed by atoms with Gasteiger partial charge in [-0.2, -0.15) is 5.26 Å². The van der Waals surface area contributed by atoms with Crippen molar-refractivity contribution in [2.24, 2.45) is 0 Å². The van der Waals surface area contributed by atoms with Gasteiger partial charge in [0.2, 0.25) is 0 Å². The monoisotopic (exact) mass is 264 g/mol. The molecule has 3 heteroatoms. The van der Waals surface area contributed by atoms with Gasteiger partial charge in [-0.05, 0) is 47.7 Å². The van der Waals surface area contributed by atoms with Crippen molar-refractivity contribution in [3.8, 4) is 11.8 Å². The maximum atomic E-state index is 9.84. The van der Waals surface area contributed by atoms with Gasteiger partial charge in [0.25, 0.3) is 0 Å².